The Morgan fingerprint density at radius 1 is 1.36 bits per heavy atom. The number of rotatable bonds is 4. The summed E-state index contributed by atoms with van der Waals surface area (Å²) in [5.74, 6) is -0.249. The van der Waals surface area contributed by atoms with E-state index in [9.17, 15) is 14.7 Å². The van der Waals surface area contributed by atoms with Crippen molar-refractivity contribution in [1.82, 2.24) is 9.88 Å². The molecule has 1 fully saturated rings. The van der Waals surface area contributed by atoms with Crippen molar-refractivity contribution in [1.29, 1.82) is 0 Å². The van der Waals surface area contributed by atoms with E-state index in [0.29, 0.717) is 13.0 Å². The molecule has 0 spiro atoms. The number of aliphatic hydroxyl groups is 1. The van der Waals surface area contributed by atoms with Gasteiger partial charge in [-0.25, -0.2) is 0 Å². The standard InChI is InChI=1S/C20H24N2O3/c1-13(23)11-16-9-6-10-22(16)20(25)18-12-17(14(2)21-19(18)24)15-7-4-3-5-8-15/h3-5,7-8,12-13,16,23H,6,9-11H2,1-2H3,(H,21,24). The van der Waals surface area contributed by atoms with Crippen LogP contribution in [-0.4, -0.2) is 39.6 Å². The number of amides is 1. The molecule has 1 aliphatic rings. The Kier molecular flexibility index (Phi) is 5.04. The van der Waals surface area contributed by atoms with Crippen LogP contribution in [0.3, 0.4) is 0 Å². The topological polar surface area (TPSA) is 73.4 Å². The van der Waals surface area contributed by atoms with Crippen LogP contribution < -0.4 is 5.56 Å². The second kappa shape index (κ2) is 7.23. The summed E-state index contributed by atoms with van der Waals surface area (Å²) in [4.78, 5) is 29.9. The van der Waals surface area contributed by atoms with Crippen molar-refractivity contribution in [3.63, 3.8) is 0 Å². The van der Waals surface area contributed by atoms with Gasteiger partial charge in [-0.1, -0.05) is 30.3 Å². The highest BCUT2D eigenvalue weighted by Crippen LogP contribution is 2.25. The molecule has 0 radical (unpaired) electrons. The van der Waals surface area contributed by atoms with Crippen molar-refractivity contribution < 1.29 is 9.90 Å². The van der Waals surface area contributed by atoms with Gasteiger partial charge in [-0.3, -0.25) is 9.59 Å². The molecule has 2 N–H and O–H groups in total. The predicted molar refractivity (Wildman–Crippen MR) is 97.6 cm³/mol. The Morgan fingerprint density at radius 3 is 2.76 bits per heavy atom. The molecule has 2 unspecified atom stereocenters. The van der Waals surface area contributed by atoms with Gasteiger partial charge < -0.3 is 15.0 Å². The van der Waals surface area contributed by atoms with Gasteiger partial charge >= 0.3 is 0 Å². The molecule has 0 aliphatic carbocycles. The fourth-order valence-corrected chi connectivity index (χ4v) is 3.60. The normalized spacial score (nSPS) is 18.4. The molecular formula is C20H24N2O3. The number of aliphatic hydroxyl groups excluding tert-OH is 1. The summed E-state index contributed by atoms with van der Waals surface area (Å²) >= 11 is 0. The zero-order valence-electron chi connectivity index (χ0n) is 14.7. The fraction of sp³-hybridized carbons (Fsp3) is 0.400. The summed E-state index contributed by atoms with van der Waals surface area (Å²) in [5, 5.41) is 9.66. The average molecular weight is 340 g/mol. The van der Waals surface area contributed by atoms with Crippen LogP contribution in [-0.2, 0) is 0 Å². The average Bonchev–Trinajstić information content (AvgIpc) is 3.02. The van der Waals surface area contributed by atoms with E-state index in [4.69, 9.17) is 0 Å². The summed E-state index contributed by atoms with van der Waals surface area (Å²) in [6, 6.07) is 11.4. The molecule has 5 nitrogen and oxygen atoms in total. The first kappa shape index (κ1) is 17.4. The van der Waals surface area contributed by atoms with E-state index < -0.39 is 6.10 Å². The number of hydrogen-bond acceptors (Lipinski definition) is 3. The summed E-state index contributed by atoms with van der Waals surface area (Å²) in [6.07, 6.45) is 1.85. The number of hydrogen-bond donors (Lipinski definition) is 2. The molecule has 1 amide bonds. The fourth-order valence-electron chi connectivity index (χ4n) is 3.60. The van der Waals surface area contributed by atoms with Gasteiger partial charge in [-0.05, 0) is 44.7 Å². The molecule has 3 rings (SSSR count). The Balaban J connectivity index is 1.97. The van der Waals surface area contributed by atoms with Crippen LogP contribution >= 0.6 is 0 Å². The van der Waals surface area contributed by atoms with Crippen LogP contribution in [0.2, 0.25) is 0 Å². The van der Waals surface area contributed by atoms with Crippen molar-refractivity contribution in [2.75, 3.05) is 6.54 Å². The third kappa shape index (κ3) is 3.66. The van der Waals surface area contributed by atoms with E-state index in [1.807, 2.05) is 37.3 Å². The smallest absolute Gasteiger partial charge is 0.261 e. The minimum Gasteiger partial charge on any atom is -0.393 e. The van der Waals surface area contributed by atoms with Crippen LogP contribution in [0.5, 0.6) is 0 Å². The number of aryl methyl sites for hydroxylation is 1. The van der Waals surface area contributed by atoms with Crippen LogP contribution in [0.4, 0.5) is 0 Å². The zero-order chi connectivity index (χ0) is 18.0. The largest absolute Gasteiger partial charge is 0.393 e. The minimum absolute atomic E-state index is 0.00613. The van der Waals surface area contributed by atoms with Gasteiger partial charge in [0, 0.05) is 23.8 Å². The molecule has 2 heterocycles. The first-order valence-electron chi connectivity index (χ1n) is 8.75. The lowest BCUT2D eigenvalue weighted by Crippen LogP contribution is -2.39. The summed E-state index contributed by atoms with van der Waals surface area (Å²) in [7, 11) is 0. The van der Waals surface area contributed by atoms with Crippen LogP contribution in [0, 0.1) is 6.92 Å². The van der Waals surface area contributed by atoms with Crippen LogP contribution in [0.1, 0.15) is 42.2 Å². The summed E-state index contributed by atoms with van der Waals surface area (Å²) < 4.78 is 0. The number of aromatic amines is 1. The summed E-state index contributed by atoms with van der Waals surface area (Å²) in [6.45, 7) is 4.20. The second-order valence-corrected chi connectivity index (χ2v) is 6.80. The van der Waals surface area contributed by atoms with E-state index in [0.717, 1.165) is 29.7 Å². The molecule has 0 saturated carbocycles. The predicted octanol–water partition coefficient (Wildman–Crippen LogP) is 2.73. The van der Waals surface area contributed by atoms with Crippen molar-refractivity contribution >= 4 is 5.91 Å². The Morgan fingerprint density at radius 2 is 2.08 bits per heavy atom. The molecule has 0 bridgehead atoms. The van der Waals surface area contributed by atoms with Gasteiger partial charge in [0.2, 0.25) is 0 Å². The van der Waals surface area contributed by atoms with E-state index >= 15 is 0 Å². The Labute approximate surface area is 147 Å². The van der Waals surface area contributed by atoms with Gasteiger partial charge in [0.15, 0.2) is 0 Å². The van der Waals surface area contributed by atoms with E-state index in [1.165, 1.54) is 0 Å². The number of carbonyl (C=O) groups excluding carboxylic acids is 1. The molecular weight excluding hydrogens is 316 g/mol. The molecule has 25 heavy (non-hydrogen) atoms. The lowest BCUT2D eigenvalue weighted by atomic mass is 10.0. The molecule has 1 saturated heterocycles. The van der Waals surface area contributed by atoms with E-state index in [2.05, 4.69) is 4.98 Å². The van der Waals surface area contributed by atoms with E-state index in [-0.39, 0.29) is 23.1 Å². The number of pyridine rings is 1. The molecule has 5 heteroatoms. The van der Waals surface area contributed by atoms with Gasteiger partial charge in [0.25, 0.3) is 11.5 Å². The molecule has 1 aromatic carbocycles. The van der Waals surface area contributed by atoms with Gasteiger partial charge in [0.05, 0.1) is 6.10 Å². The van der Waals surface area contributed by atoms with Gasteiger partial charge in [-0.2, -0.15) is 0 Å². The lowest BCUT2D eigenvalue weighted by Gasteiger charge is -2.25. The number of carbonyl (C=O) groups is 1. The first-order valence-corrected chi connectivity index (χ1v) is 8.75. The molecule has 2 atom stereocenters. The highest BCUT2D eigenvalue weighted by Gasteiger charge is 2.31. The maximum atomic E-state index is 13.0. The highest BCUT2D eigenvalue weighted by molar-refractivity contribution is 5.95. The van der Waals surface area contributed by atoms with Gasteiger partial charge in [0.1, 0.15) is 5.56 Å². The van der Waals surface area contributed by atoms with E-state index in [1.54, 1.807) is 17.9 Å². The Bertz CT molecular complexity index is 811. The molecule has 2 aromatic rings. The number of benzene rings is 1. The first-order chi connectivity index (χ1) is 12.0. The van der Waals surface area contributed by atoms with Crippen molar-refractivity contribution in [2.45, 2.75) is 45.3 Å². The summed E-state index contributed by atoms with van der Waals surface area (Å²) in [5.41, 5.74) is 2.38. The number of nitrogens with zero attached hydrogens (tertiary/aromatic N) is 1. The van der Waals surface area contributed by atoms with Gasteiger partial charge in [-0.15, -0.1) is 0 Å². The monoisotopic (exact) mass is 340 g/mol. The van der Waals surface area contributed by atoms with Crippen molar-refractivity contribution in [3.8, 4) is 11.1 Å². The quantitative estimate of drug-likeness (QED) is 0.899. The number of likely N-dealkylation sites (tertiary alicyclic amines) is 1. The zero-order valence-corrected chi connectivity index (χ0v) is 14.7. The molecule has 132 valence electrons. The third-order valence-corrected chi connectivity index (χ3v) is 4.80. The minimum atomic E-state index is -0.463. The number of nitrogens with one attached hydrogen (secondary N) is 1. The number of aromatic nitrogens is 1. The van der Waals surface area contributed by atoms with Crippen LogP contribution in [0.15, 0.2) is 41.2 Å². The molecule has 1 aliphatic heterocycles. The third-order valence-electron chi connectivity index (χ3n) is 4.80. The lowest BCUT2D eigenvalue weighted by molar-refractivity contribution is 0.0680. The van der Waals surface area contributed by atoms with Crippen molar-refractivity contribution in [2.24, 2.45) is 0 Å². The number of H-pyrrole nitrogens is 1. The van der Waals surface area contributed by atoms with Crippen LogP contribution in [0.25, 0.3) is 11.1 Å². The SMILES string of the molecule is Cc1[nH]c(=O)c(C(=O)N2CCCC2CC(C)O)cc1-c1ccccc1. The van der Waals surface area contributed by atoms with Crippen molar-refractivity contribution in [3.05, 3.63) is 58.0 Å². The second-order valence-electron chi connectivity index (χ2n) is 6.80. The molecule has 1 aromatic heterocycles. The maximum Gasteiger partial charge on any atom is 0.261 e. The maximum absolute atomic E-state index is 13.0. The Hall–Kier alpha value is -2.40. The highest BCUT2D eigenvalue weighted by atomic mass is 16.3.